The maximum absolute atomic E-state index is 13.1. The van der Waals surface area contributed by atoms with Gasteiger partial charge in [0.15, 0.2) is 0 Å². The fourth-order valence-corrected chi connectivity index (χ4v) is 4.28. The number of sulfonamides is 1. The largest absolute Gasteiger partial charge is 0.360 e. The smallest absolute Gasteiger partial charge is 0.264 e. The summed E-state index contributed by atoms with van der Waals surface area (Å²) in [6.07, 6.45) is 2.82. The second kappa shape index (κ2) is 7.92. The van der Waals surface area contributed by atoms with Crippen LogP contribution in [-0.2, 0) is 10.0 Å². The van der Waals surface area contributed by atoms with Gasteiger partial charge in [0.05, 0.1) is 10.6 Å². The topological polar surface area (TPSA) is 99.3 Å². The summed E-state index contributed by atoms with van der Waals surface area (Å²) in [6.45, 7) is 5.55. The lowest BCUT2D eigenvalue weighted by atomic mass is 10.1. The van der Waals surface area contributed by atoms with Crippen LogP contribution in [0, 0.1) is 6.92 Å². The first-order valence-electron chi connectivity index (χ1n) is 8.86. The SMILES string of the molecule is C=CCNC(=O)c1c[nH]c2ccc(S(=O)(=O)N(C)c3ccccc3C)cc2c1=O. The Morgan fingerprint density at radius 3 is 2.66 bits per heavy atom. The quantitative estimate of drug-likeness (QED) is 0.609. The first-order valence-corrected chi connectivity index (χ1v) is 10.3. The third kappa shape index (κ3) is 3.79. The molecule has 3 aromatic rings. The van der Waals surface area contributed by atoms with Crippen molar-refractivity contribution in [3.63, 3.8) is 0 Å². The molecular formula is C21H21N3O4S. The Morgan fingerprint density at radius 1 is 1.24 bits per heavy atom. The number of hydrogen-bond acceptors (Lipinski definition) is 4. The van der Waals surface area contributed by atoms with Crippen molar-refractivity contribution < 1.29 is 13.2 Å². The molecule has 7 nitrogen and oxygen atoms in total. The molecule has 1 amide bonds. The van der Waals surface area contributed by atoms with Gasteiger partial charge in [-0.05, 0) is 36.8 Å². The van der Waals surface area contributed by atoms with Crippen LogP contribution in [0.4, 0.5) is 5.69 Å². The summed E-state index contributed by atoms with van der Waals surface area (Å²) in [6, 6.07) is 11.4. The van der Waals surface area contributed by atoms with Gasteiger partial charge in [-0.25, -0.2) is 8.42 Å². The van der Waals surface area contributed by atoms with Crippen LogP contribution in [0.2, 0.25) is 0 Å². The summed E-state index contributed by atoms with van der Waals surface area (Å²) < 4.78 is 27.4. The van der Waals surface area contributed by atoms with Crippen molar-refractivity contribution in [2.45, 2.75) is 11.8 Å². The molecule has 0 radical (unpaired) electrons. The van der Waals surface area contributed by atoms with Crippen molar-refractivity contribution in [2.75, 3.05) is 17.9 Å². The predicted octanol–water partition coefficient (Wildman–Crippen LogP) is 2.58. The molecule has 0 aliphatic carbocycles. The highest BCUT2D eigenvalue weighted by molar-refractivity contribution is 7.92. The second-order valence-corrected chi connectivity index (χ2v) is 8.47. The molecule has 1 aromatic heterocycles. The number of aromatic amines is 1. The van der Waals surface area contributed by atoms with E-state index in [1.165, 1.54) is 41.8 Å². The minimum absolute atomic E-state index is 0.0371. The van der Waals surface area contributed by atoms with Gasteiger partial charge in [-0.2, -0.15) is 0 Å². The number of benzene rings is 2. The van der Waals surface area contributed by atoms with Crippen LogP contribution in [0.5, 0.6) is 0 Å². The van der Waals surface area contributed by atoms with Crippen molar-refractivity contribution in [1.82, 2.24) is 10.3 Å². The number of pyridine rings is 1. The molecule has 0 aliphatic heterocycles. The number of para-hydroxylation sites is 1. The van der Waals surface area contributed by atoms with Crippen molar-refractivity contribution in [1.29, 1.82) is 0 Å². The summed E-state index contributed by atoms with van der Waals surface area (Å²) in [4.78, 5) is 27.8. The molecule has 2 aromatic carbocycles. The van der Waals surface area contributed by atoms with Crippen LogP contribution in [0.15, 0.2) is 71.0 Å². The van der Waals surface area contributed by atoms with Crippen LogP contribution < -0.4 is 15.1 Å². The third-order valence-electron chi connectivity index (χ3n) is 4.62. The maximum atomic E-state index is 13.1. The predicted molar refractivity (Wildman–Crippen MR) is 114 cm³/mol. The number of H-pyrrole nitrogens is 1. The van der Waals surface area contributed by atoms with E-state index >= 15 is 0 Å². The Morgan fingerprint density at radius 2 is 1.97 bits per heavy atom. The Bertz CT molecular complexity index is 1260. The standard InChI is InChI=1S/C21H21N3O4S/c1-4-11-22-21(26)17-13-23-18-10-9-15(12-16(18)20(17)25)29(27,28)24(3)19-8-6-5-7-14(19)2/h4-10,12-13H,1,11H2,2-3H3,(H,22,26)(H,23,25). The van der Waals surface area contributed by atoms with Gasteiger partial charge in [0.1, 0.15) is 5.56 Å². The summed E-state index contributed by atoms with van der Waals surface area (Å²) in [5, 5.41) is 2.66. The van der Waals surface area contributed by atoms with Gasteiger partial charge in [0, 0.05) is 30.7 Å². The fraction of sp³-hybridized carbons (Fsp3) is 0.143. The summed E-state index contributed by atoms with van der Waals surface area (Å²) in [7, 11) is -2.44. The van der Waals surface area contributed by atoms with E-state index in [-0.39, 0.29) is 22.4 Å². The molecule has 3 rings (SSSR count). The molecule has 0 saturated carbocycles. The molecule has 0 unspecified atom stereocenters. The molecule has 0 aliphatic rings. The number of anilines is 1. The summed E-state index contributed by atoms with van der Waals surface area (Å²) >= 11 is 0. The highest BCUT2D eigenvalue weighted by Gasteiger charge is 2.23. The van der Waals surface area contributed by atoms with E-state index in [1.807, 2.05) is 19.1 Å². The number of aromatic nitrogens is 1. The van der Waals surface area contributed by atoms with Crippen LogP contribution >= 0.6 is 0 Å². The minimum Gasteiger partial charge on any atom is -0.360 e. The lowest BCUT2D eigenvalue weighted by molar-refractivity contribution is 0.0957. The molecule has 0 atom stereocenters. The fourth-order valence-electron chi connectivity index (χ4n) is 2.99. The lowest BCUT2D eigenvalue weighted by Crippen LogP contribution is -2.29. The lowest BCUT2D eigenvalue weighted by Gasteiger charge is -2.21. The van der Waals surface area contributed by atoms with Gasteiger partial charge in [-0.1, -0.05) is 24.3 Å². The van der Waals surface area contributed by atoms with Crippen LogP contribution in [0.1, 0.15) is 15.9 Å². The van der Waals surface area contributed by atoms with Gasteiger partial charge in [-0.3, -0.25) is 13.9 Å². The molecule has 0 fully saturated rings. The Labute approximate surface area is 168 Å². The number of carbonyl (C=O) groups is 1. The number of amides is 1. The van der Waals surface area contributed by atoms with Crippen molar-refractivity contribution >= 4 is 32.5 Å². The first kappa shape index (κ1) is 20.3. The zero-order valence-corrected chi connectivity index (χ0v) is 16.9. The zero-order chi connectivity index (χ0) is 21.2. The molecular weight excluding hydrogens is 390 g/mol. The zero-order valence-electron chi connectivity index (χ0n) is 16.1. The van der Waals surface area contributed by atoms with Gasteiger partial charge in [-0.15, -0.1) is 6.58 Å². The van der Waals surface area contributed by atoms with E-state index in [4.69, 9.17) is 0 Å². The Balaban J connectivity index is 2.09. The van der Waals surface area contributed by atoms with E-state index in [9.17, 15) is 18.0 Å². The van der Waals surface area contributed by atoms with E-state index in [2.05, 4.69) is 16.9 Å². The van der Waals surface area contributed by atoms with E-state index in [0.29, 0.717) is 11.2 Å². The second-order valence-electron chi connectivity index (χ2n) is 6.50. The van der Waals surface area contributed by atoms with Crippen molar-refractivity contribution in [3.8, 4) is 0 Å². The van der Waals surface area contributed by atoms with Gasteiger partial charge < -0.3 is 10.3 Å². The highest BCUT2D eigenvalue weighted by atomic mass is 32.2. The highest BCUT2D eigenvalue weighted by Crippen LogP contribution is 2.26. The van der Waals surface area contributed by atoms with Gasteiger partial charge in [0.2, 0.25) is 5.43 Å². The Kier molecular flexibility index (Phi) is 5.56. The van der Waals surface area contributed by atoms with Crippen molar-refractivity contribution in [2.24, 2.45) is 0 Å². The van der Waals surface area contributed by atoms with Gasteiger partial charge in [0.25, 0.3) is 15.9 Å². The van der Waals surface area contributed by atoms with Crippen LogP contribution in [-0.4, -0.2) is 32.9 Å². The van der Waals surface area contributed by atoms with Gasteiger partial charge >= 0.3 is 0 Å². The number of hydrogen-bond donors (Lipinski definition) is 2. The van der Waals surface area contributed by atoms with E-state index in [1.54, 1.807) is 12.1 Å². The summed E-state index contributed by atoms with van der Waals surface area (Å²) in [5.41, 5.74) is 1.14. The number of carbonyl (C=O) groups excluding carboxylic acids is 1. The average Bonchev–Trinajstić information content (AvgIpc) is 2.72. The number of nitrogens with one attached hydrogen (secondary N) is 2. The molecule has 0 spiro atoms. The number of rotatable bonds is 6. The molecule has 1 heterocycles. The average molecular weight is 411 g/mol. The van der Waals surface area contributed by atoms with E-state index in [0.717, 1.165) is 5.56 Å². The molecule has 2 N–H and O–H groups in total. The third-order valence-corrected chi connectivity index (χ3v) is 6.38. The Hall–Kier alpha value is -3.39. The number of fused-ring (bicyclic) bond motifs is 1. The van der Waals surface area contributed by atoms with E-state index < -0.39 is 21.4 Å². The normalized spacial score (nSPS) is 11.2. The maximum Gasteiger partial charge on any atom is 0.264 e. The molecule has 0 bridgehead atoms. The molecule has 8 heteroatoms. The monoisotopic (exact) mass is 411 g/mol. The molecule has 29 heavy (non-hydrogen) atoms. The van der Waals surface area contributed by atoms with Crippen LogP contribution in [0.25, 0.3) is 10.9 Å². The first-order chi connectivity index (χ1) is 13.8. The summed E-state index contributed by atoms with van der Waals surface area (Å²) in [5.74, 6) is -0.557. The van der Waals surface area contributed by atoms with Crippen LogP contribution in [0.3, 0.4) is 0 Å². The minimum atomic E-state index is -3.90. The number of aryl methyl sites for hydroxylation is 1. The number of nitrogens with zero attached hydrogens (tertiary/aromatic N) is 1. The van der Waals surface area contributed by atoms with Crippen molar-refractivity contribution in [3.05, 3.63) is 82.7 Å². The molecule has 0 saturated heterocycles. The molecule has 150 valence electrons.